The monoisotopic (exact) mass is 435 g/mol. The molecule has 2 heterocycles. The van der Waals surface area contributed by atoms with E-state index in [1.807, 2.05) is 57.2 Å². The van der Waals surface area contributed by atoms with Crippen LogP contribution in [-0.2, 0) is 9.59 Å². The van der Waals surface area contributed by atoms with Gasteiger partial charge in [-0.2, -0.15) is 0 Å². The normalized spacial score (nSPS) is 18.4. The molecular formula is C25H29N3O4. The van der Waals surface area contributed by atoms with Crippen LogP contribution in [0.4, 0.5) is 5.69 Å². The van der Waals surface area contributed by atoms with Crippen molar-refractivity contribution < 1.29 is 19.1 Å². The number of anilines is 1. The van der Waals surface area contributed by atoms with Crippen LogP contribution in [0.3, 0.4) is 0 Å². The average Bonchev–Trinajstić information content (AvgIpc) is 2.87. The maximum Gasteiger partial charge on any atom is 0.256 e. The average molecular weight is 436 g/mol. The summed E-state index contributed by atoms with van der Waals surface area (Å²) in [7, 11) is 1.62. The van der Waals surface area contributed by atoms with Crippen molar-refractivity contribution >= 4 is 23.4 Å². The molecule has 1 fully saturated rings. The lowest BCUT2D eigenvalue weighted by molar-refractivity contribution is -0.137. The second-order valence-corrected chi connectivity index (χ2v) is 9.57. The largest absolute Gasteiger partial charge is 0.497 e. The van der Waals surface area contributed by atoms with Crippen LogP contribution in [0.15, 0.2) is 42.5 Å². The van der Waals surface area contributed by atoms with Gasteiger partial charge in [-0.15, -0.1) is 0 Å². The number of hydrogen-bond donors (Lipinski definition) is 1. The van der Waals surface area contributed by atoms with E-state index in [1.54, 1.807) is 23.0 Å². The zero-order valence-electron chi connectivity index (χ0n) is 19.0. The van der Waals surface area contributed by atoms with E-state index in [0.29, 0.717) is 30.8 Å². The van der Waals surface area contributed by atoms with Gasteiger partial charge < -0.3 is 19.9 Å². The summed E-state index contributed by atoms with van der Waals surface area (Å²) < 4.78 is 5.22. The molecule has 1 saturated heterocycles. The molecule has 2 aliphatic rings. The maximum absolute atomic E-state index is 13.4. The first-order valence-electron chi connectivity index (χ1n) is 10.8. The van der Waals surface area contributed by atoms with E-state index in [1.165, 1.54) is 0 Å². The third-order valence-electron chi connectivity index (χ3n) is 5.91. The molecule has 0 radical (unpaired) electrons. The summed E-state index contributed by atoms with van der Waals surface area (Å²) in [5.41, 5.74) is 2.66. The van der Waals surface area contributed by atoms with Gasteiger partial charge in [-0.25, -0.2) is 0 Å². The Labute approximate surface area is 188 Å². The number of piperazine rings is 1. The Hall–Kier alpha value is -3.35. The minimum Gasteiger partial charge on any atom is -0.497 e. The van der Waals surface area contributed by atoms with E-state index < -0.39 is 6.04 Å². The van der Waals surface area contributed by atoms with Crippen LogP contribution in [-0.4, -0.2) is 60.3 Å². The summed E-state index contributed by atoms with van der Waals surface area (Å²) in [4.78, 5) is 42.4. The molecule has 32 heavy (non-hydrogen) atoms. The van der Waals surface area contributed by atoms with Gasteiger partial charge in [0.05, 0.1) is 24.9 Å². The molecule has 0 aromatic heterocycles. The maximum atomic E-state index is 13.4. The molecule has 1 atom stereocenters. The summed E-state index contributed by atoms with van der Waals surface area (Å²) in [6.07, 6.45) is 0.404. The molecule has 3 amide bonds. The number of carbonyl (C=O) groups is 3. The highest BCUT2D eigenvalue weighted by molar-refractivity contribution is 6.10. The zero-order valence-corrected chi connectivity index (χ0v) is 19.0. The van der Waals surface area contributed by atoms with Crippen molar-refractivity contribution in [3.8, 4) is 16.9 Å². The number of benzene rings is 2. The van der Waals surface area contributed by atoms with Crippen LogP contribution in [0.5, 0.6) is 5.75 Å². The summed E-state index contributed by atoms with van der Waals surface area (Å²) in [6.45, 7) is 7.02. The van der Waals surface area contributed by atoms with Gasteiger partial charge in [0.25, 0.3) is 5.91 Å². The second-order valence-electron chi connectivity index (χ2n) is 9.57. The van der Waals surface area contributed by atoms with Crippen molar-refractivity contribution in [2.45, 2.75) is 33.2 Å². The summed E-state index contributed by atoms with van der Waals surface area (Å²) in [5, 5.41) is 2.90. The number of carbonyl (C=O) groups excluding carboxylic acids is 3. The number of fused-ring (bicyclic) bond motifs is 2. The lowest BCUT2D eigenvalue weighted by Gasteiger charge is -2.40. The fourth-order valence-electron chi connectivity index (χ4n) is 4.21. The standard InChI is InChI=1S/C25H29N3O4/c1-25(2,3)14-22(29)27-11-12-28-21(15-27)23(30)26-20-10-7-17(13-19(20)24(28)31)16-5-8-18(32-4)9-6-16/h5-10,13,21H,11-12,14-15H2,1-4H3,(H,26,30)/t21-/m1/s1. The van der Waals surface area contributed by atoms with Gasteiger partial charge in [-0.3, -0.25) is 14.4 Å². The van der Waals surface area contributed by atoms with Crippen molar-refractivity contribution in [2.24, 2.45) is 5.41 Å². The van der Waals surface area contributed by atoms with Gasteiger partial charge in [-0.1, -0.05) is 39.0 Å². The van der Waals surface area contributed by atoms with Crippen LogP contribution < -0.4 is 10.1 Å². The Bertz CT molecular complexity index is 1060. The Morgan fingerprint density at radius 2 is 1.75 bits per heavy atom. The molecule has 0 aliphatic carbocycles. The van der Waals surface area contributed by atoms with E-state index in [4.69, 9.17) is 4.74 Å². The summed E-state index contributed by atoms with van der Waals surface area (Å²) in [6, 6.07) is 12.4. The van der Waals surface area contributed by atoms with Crippen molar-refractivity contribution in [3.63, 3.8) is 0 Å². The van der Waals surface area contributed by atoms with E-state index in [-0.39, 0.29) is 29.7 Å². The molecule has 168 valence electrons. The minimum absolute atomic E-state index is 0.0148. The number of ether oxygens (including phenoxy) is 1. The predicted molar refractivity (Wildman–Crippen MR) is 123 cm³/mol. The highest BCUT2D eigenvalue weighted by Gasteiger charge is 2.40. The molecule has 4 rings (SSSR count). The van der Waals surface area contributed by atoms with E-state index >= 15 is 0 Å². The molecule has 2 aliphatic heterocycles. The lowest BCUT2D eigenvalue weighted by Crippen LogP contribution is -2.59. The topological polar surface area (TPSA) is 79.0 Å². The fraction of sp³-hybridized carbons (Fsp3) is 0.400. The number of methoxy groups -OCH3 is 1. The quantitative estimate of drug-likeness (QED) is 0.802. The second kappa shape index (κ2) is 8.30. The molecular weight excluding hydrogens is 406 g/mol. The van der Waals surface area contributed by atoms with Crippen LogP contribution in [0.1, 0.15) is 37.6 Å². The number of rotatable bonds is 3. The van der Waals surface area contributed by atoms with Gasteiger partial charge in [-0.05, 0) is 40.8 Å². The number of amides is 3. The summed E-state index contributed by atoms with van der Waals surface area (Å²) in [5.74, 6) is 0.318. The van der Waals surface area contributed by atoms with Crippen LogP contribution in [0.25, 0.3) is 11.1 Å². The van der Waals surface area contributed by atoms with Crippen LogP contribution in [0.2, 0.25) is 0 Å². The smallest absolute Gasteiger partial charge is 0.256 e. The molecule has 2 aromatic carbocycles. The van der Waals surface area contributed by atoms with E-state index in [9.17, 15) is 14.4 Å². The highest BCUT2D eigenvalue weighted by Crippen LogP contribution is 2.31. The van der Waals surface area contributed by atoms with Crippen molar-refractivity contribution in [1.82, 2.24) is 9.80 Å². The zero-order chi connectivity index (χ0) is 23.0. The van der Waals surface area contributed by atoms with E-state index in [2.05, 4.69) is 5.32 Å². The number of nitrogens with one attached hydrogen (secondary N) is 1. The number of nitrogens with zero attached hydrogens (tertiary/aromatic N) is 2. The summed E-state index contributed by atoms with van der Waals surface area (Å²) >= 11 is 0. The molecule has 0 spiro atoms. The molecule has 0 unspecified atom stereocenters. The Balaban J connectivity index is 1.59. The lowest BCUT2D eigenvalue weighted by atomic mass is 9.91. The van der Waals surface area contributed by atoms with Crippen molar-refractivity contribution in [1.29, 1.82) is 0 Å². The predicted octanol–water partition coefficient (Wildman–Crippen LogP) is 3.40. The first-order chi connectivity index (χ1) is 15.2. The van der Waals surface area contributed by atoms with Gasteiger partial charge in [0.2, 0.25) is 11.8 Å². The van der Waals surface area contributed by atoms with Crippen molar-refractivity contribution in [3.05, 3.63) is 48.0 Å². The number of hydrogen-bond acceptors (Lipinski definition) is 4. The third kappa shape index (κ3) is 4.33. The van der Waals surface area contributed by atoms with E-state index in [0.717, 1.165) is 16.9 Å². The van der Waals surface area contributed by atoms with Crippen LogP contribution >= 0.6 is 0 Å². The highest BCUT2D eigenvalue weighted by atomic mass is 16.5. The molecule has 0 saturated carbocycles. The molecule has 7 nitrogen and oxygen atoms in total. The molecule has 1 N–H and O–H groups in total. The van der Waals surface area contributed by atoms with Crippen LogP contribution in [0, 0.1) is 5.41 Å². The molecule has 0 bridgehead atoms. The first-order valence-corrected chi connectivity index (χ1v) is 10.8. The Kier molecular flexibility index (Phi) is 5.67. The SMILES string of the molecule is COc1ccc(-c2ccc3c(c2)C(=O)N2CCN(C(=O)CC(C)(C)C)C[C@@H]2C(=O)N3)cc1. The molecule has 7 heteroatoms. The van der Waals surface area contributed by atoms with Crippen molar-refractivity contribution in [2.75, 3.05) is 32.1 Å². The molecule has 2 aromatic rings. The third-order valence-corrected chi connectivity index (χ3v) is 5.91. The Morgan fingerprint density at radius 3 is 2.41 bits per heavy atom. The minimum atomic E-state index is -0.697. The first kappa shape index (κ1) is 21.9. The van der Waals surface area contributed by atoms with Gasteiger partial charge in [0.15, 0.2) is 0 Å². The van der Waals surface area contributed by atoms with Gasteiger partial charge >= 0.3 is 0 Å². The fourth-order valence-corrected chi connectivity index (χ4v) is 4.21. The van der Waals surface area contributed by atoms with Gasteiger partial charge in [0.1, 0.15) is 11.8 Å². The van der Waals surface area contributed by atoms with Gasteiger partial charge in [0, 0.05) is 19.5 Å². The Morgan fingerprint density at radius 1 is 1.06 bits per heavy atom.